The van der Waals surface area contributed by atoms with Crippen molar-refractivity contribution in [2.24, 2.45) is 0 Å². The summed E-state index contributed by atoms with van der Waals surface area (Å²) < 4.78 is 0. The second-order valence-electron chi connectivity index (χ2n) is 8.88. The zero-order chi connectivity index (χ0) is 25.0. The first-order chi connectivity index (χ1) is 18.2. The summed E-state index contributed by atoms with van der Waals surface area (Å²) >= 11 is 0. The van der Waals surface area contributed by atoms with Crippen LogP contribution in [-0.2, 0) is 0 Å². The molecule has 0 aliphatic carbocycles. The third-order valence-corrected chi connectivity index (χ3v) is 6.27. The summed E-state index contributed by atoms with van der Waals surface area (Å²) in [5.41, 5.74) is 8.51. The monoisotopic (exact) mass is 476 g/mol. The van der Waals surface area contributed by atoms with Crippen LogP contribution in [0.3, 0.4) is 0 Å². The Morgan fingerprint density at radius 2 is 0.811 bits per heavy atom. The van der Waals surface area contributed by atoms with Crippen LogP contribution in [0, 0.1) is 6.92 Å². The van der Waals surface area contributed by atoms with Crippen molar-refractivity contribution < 1.29 is 0 Å². The third kappa shape index (κ3) is 4.91. The Bertz CT molecular complexity index is 1600. The molecule has 0 amide bonds. The predicted molar refractivity (Wildman–Crippen MR) is 150 cm³/mol. The van der Waals surface area contributed by atoms with Crippen molar-refractivity contribution in [1.29, 1.82) is 0 Å². The van der Waals surface area contributed by atoms with Gasteiger partial charge in [0.05, 0.1) is 0 Å². The summed E-state index contributed by atoms with van der Waals surface area (Å²) in [6, 6.07) is 41.2. The first kappa shape index (κ1) is 22.5. The number of hydrogen-bond acceptors (Lipinski definition) is 4. The van der Waals surface area contributed by atoms with Crippen LogP contribution in [0.2, 0.25) is 0 Å². The molecule has 0 N–H and O–H groups in total. The highest BCUT2D eigenvalue weighted by atomic mass is 15.0. The molecule has 0 radical (unpaired) electrons. The molecule has 4 heteroatoms. The zero-order valence-electron chi connectivity index (χ0n) is 20.4. The van der Waals surface area contributed by atoms with Gasteiger partial charge in [-0.15, -0.1) is 0 Å². The molecule has 0 atom stereocenters. The van der Waals surface area contributed by atoms with E-state index in [0.29, 0.717) is 17.5 Å². The first-order valence-electron chi connectivity index (χ1n) is 12.2. The van der Waals surface area contributed by atoms with E-state index < -0.39 is 0 Å². The van der Waals surface area contributed by atoms with Gasteiger partial charge in [0.15, 0.2) is 17.5 Å². The number of benzene rings is 4. The molecular formula is C33H24N4. The highest BCUT2D eigenvalue weighted by molar-refractivity contribution is 5.75. The van der Waals surface area contributed by atoms with E-state index in [4.69, 9.17) is 15.0 Å². The van der Waals surface area contributed by atoms with Gasteiger partial charge in [-0.05, 0) is 47.4 Å². The molecule has 37 heavy (non-hydrogen) atoms. The average Bonchev–Trinajstić information content (AvgIpc) is 2.98. The van der Waals surface area contributed by atoms with Crippen LogP contribution < -0.4 is 0 Å². The fourth-order valence-corrected chi connectivity index (χ4v) is 4.35. The van der Waals surface area contributed by atoms with Crippen LogP contribution in [0.15, 0.2) is 128 Å². The lowest BCUT2D eigenvalue weighted by atomic mass is 9.98. The van der Waals surface area contributed by atoms with E-state index >= 15 is 0 Å². The van der Waals surface area contributed by atoms with Gasteiger partial charge < -0.3 is 0 Å². The minimum absolute atomic E-state index is 0.653. The normalized spacial score (nSPS) is 10.8. The molecule has 0 aliphatic rings. The highest BCUT2D eigenvalue weighted by Gasteiger charge is 2.12. The van der Waals surface area contributed by atoms with Crippen LogP contribution >= 0.6 is 0 Å². The zero-order valence-corrected chi connectivity index (χ0v) is 20.4. The van der Waals surface area contributed by atoms with E-state index in [1.165, 1.54) is 5.56 Å². The molecular weight excluding hydrogens is 452 g/mol. The van der Waals surface area contributed by atoms with Crippen molar-refractivity contribution in [3.63, 3.8) is 0 Å². The number of aromatic nitrogens is 4. The molecule has 0 saturated carbocycles. The molecule has 0 spiro atoms. The Morgan fingerprint density at radius 3 is 1.35 bits per heavy atom. The average molecular weight is 477 g/mol. The van der Waals surface area contributed by atoms with Gasteiger partial charge in [0.2, 0.25) is 0 Å². The number of aryl methyl sites for hydroxylation is 1. The van der Waals surface area contributed by atoms with Crippen molar-refractivity contribution in [2.75, 3.05) is 0 Å². The number of pyridine rings is 1. The minimum Gasteiger partial charge on any atom is -0.262 e. The Kier molecular flexibility index (Phi) is 6.05. The smallest absolute Gasteiger partial charge is 0.164 e. The predicted octanol–water partition coefficient (Wildman–Crippen LogP) is 7.91. The Labute approximate surface area is 216 Å². The van der Waals surface area contributed by atoms with Crippen molar-refractivity contribution in [3.8, 4) is 56.4 Å². The maximum absolute atomic E-state index is 4.84. The van der Waals surface area contributed by atoms with Crippen molar-refractivity contribution in [2.45, 2.75) is 6.92 Å². The largest absolute Gasteiger partial charge is 0.262 e. The summed E-state index contributed by atoms with van der Waals surface area (Å²) in [5.74, 6) is 1.98. The molecule has 2 aromatic heterocycles. The van der Waals surface area contributed by atoms with Crippen molar-refractivity contribution in [1.82, 2.24) is 19.9 Å². The molecule has 0 bridgehead atoms. The third-order valence-electron chi connectivity index (χ3n) is 6.27. The molecule has 6 rings (SSSR count). The fraction of sp³-hybridized carbons (Fsp3) is 0.0303. The second kappa shape index (κ2) is 9.96. The molecule has 2 heterocycles. The Balaban J connectivity index is 1.38. The molecule has 0 unspecified atom stereocenters. The highest BCUT2D eigenvalue weighted by Crippen LogP contribution is 2.29. The number of hydrogen-bond donors (Lipinski definition) is 0. The second-order valence-corrected chi connectivity index (χ2v) is 8.88. The van der Waals surface area contributed by atoms with Crippen LogP contribution in [0.1, 0.15) is 5.69 Å². The van der Waals surface area contributed by atoms with Gasteiger partial charge >= 0.3 is 0 Å². The lowest BCUT2D eigenvalue weighted by molar-refractivity contribution is 1.07. The van der Waals surface area contributed by atoms with E-state index in [2.05, 4.69) is 59.6 Å². The molecule has 0 aliphatic heterocycles. The molecule has 4 aromatic carbocycles. The van der Waals surface area contributed by atoms with E-state index in [1.54, 1.807) is 0 Å². The minimum atomic E-state index is 0.653. The summed E-state index contributed by atoms with van der Waals surface area (Å²) in [6.45, 7) is 2.01. The van der Waals surface area contributed by atoms with Crippen molar-refractivity contribution in [3.05, 3.63) is 133 Å². The summed E-state index contributed by atoms with van der Waals surface area (Å²) in [6.07, 6.45) is 1.86. The van der Waals surface area contributed by atoms with Gasteiger partial charge in [0.25, 0.3) is 0 Å². The van der Waals surface area contributed by atoms with Gasteiger partial charge in [-0.25, -0.2) is 15.0 Å². The van der Waals surface area contributed by atoms with Crippen LogP contribution in [0.25, 0.3) is 56.4 Å². The summed E-state index contributed by atoms with van der Waals surface area (Å²) in [7, 11) is 0. The number of rotatable bonds is 5. The molecule has 4 nitrogen and oxygen atoms in total. The standard InChI is InChI=1S/C33H24N4/c1-23-21-30(19-20-34-23)29-14-8-13-28(22-29)24-15-17-27(18-16-24)33-36-31(25-9-4-2-5-10-25)35-32(37-33)26-11-6-3-7-12-26/h2-22H,1H3. The van der Waals surface area contributed by atoms with Gasteiger partial charge in [-0.1, -0.05) is 103 Å². The van der Waals surface area contributed by atoms with Gasteiger partial charge in [-0.2, -0.15) is 0 Å². The molecule has 176 valence electrons. The molecule has 6 aromatic rings. The maximum atomic E-state index is 4.84. The van der Waals surface area contributed by atoms with E-state index in [0.717, 1.165) is 39.1 Å². The van der Waals surface area contributed by atoms with Gasteiger partial charge in [0.1, 0.15) is 0 Å². The van der Waals surface area contributed by atoms with E-state index in [1.807, 2.05) is 79.9 Å². The Morgan fingerprint density at radius 1 is 0.378 bits per heavy atom. The van der Waals surface area contributed by atoms with Crippen LogP contribution in [-0.4, -0.2) is 19.9 Å². The van der Waals surface area contributed by atoms with E-state index in [-0.39, 0.29) is 0 Å². The maximum Gasteiger partial charge on any atom is 0.164 e. The van der Waals surface area contributed by atoms with Gasteiger partial charge in [0, 0.05) is 28.6 Å². The SMILES string of the molecule is Cc1cc(-c2cccc(-c3ccc(-c4nc(-c5ccccc5)nc(-c5ccccc5)n4)cc3)c2)ccn1. The Hall–Kier alpha value is -4.96. The number of nitrogens with zero attached hydrogens (tertiary/aromatic N) is 4. The molecule has 0 saturated heterocycles. The lowest BCUT2D eigenvalue weighted by Gasteiger charge is -2.10. The summed E-state index contributed by atoms with van der Waals surface area (Å²) in [5, 5.41) is 0. The summed E-state index contributed by atoms with van der Waals surface area (Å²) in [4.78, 5) is 18.8. The quantitative estimate of drug-likeness (QED) is 0.254. The van der Waals surface area contributed by atoms with Gasteiger partial charge in [-0.3, -0.25) is 4.98 Å². The van der Waals surface area contributed by atoms with Crippen molar-refractivity contribution >= 4 is 0 Å². The molecule has 0 fully saturated rings. The lowest BCUT2D eigenvalue weighted by Crippen LogP contribution is -2.00. The topological polar surface area (TPSA) is 51.6 Å². The van der Waals surface area contributed by atoms with Crippen LogP contribution in [0.5, 0.6) is 0 Å². The van der Waals surface area contributed by atoms with Crippen LogP contribution in [0.4, 0.5) is 0 Å². The first-order valence-corrected chi connectivity index (χ1v) is 12.2. The van der Waals surface area contributed by atoms with E-state index in [9.17, 15) is 0 Å². The fourth-order valence-electron chi connectivity index (χ4n) is 4.35.